The van der Waals surface area contributed by atoms with E-state index in [1.54, 1.807) is 17.4 Å². The van der Waals surface area contributed by atoms with Crippen LogP contribution in [0.15, 0.2) is 28.2 Å². The van der Waals surface area contributed by atoms with Crippen molar-refractivity contribution >= 4 is 37.9 Å². The molecule has 6 heteroatoms. The van der Waals surface area contributed by atoms with E-state index in [1.807, 2.05) is 25.4 Å². The number of nitrogens with zero attached hydrogens (tertiary/aromatic N) is 2. The molecule has 3 rings (SSSR count). The Labute approximate surface area is 128 Å². The second kappa shape index (κ2) is 5.18. The summed E-state index contributed by atoms with van der Waals surface area (Å²) in [5, 5.41) is 5.30. The van der Waals surface area contributed by atoms with Crippen molar-refractivity contribution in [3.05, 3.63) is 51.0 Å². The molecular weight excluding hydrogens is 341 g/mol. The first kappa shape index (κ1) is 13.6. The highest BCUT2D eigenvalue weighted by Gasteiger charge is 2.10. The summed E-state index contributed by atoms with van der Waals surface area (Å²) < 4.78 is 16.2. The van der Waals surface area contributed by atoms with Crippen LogP contribution >= 0.6 is 27.3 Å². The van der Waals surface area contributed by atoms with Crippen LogP contribution in [-0.4, -0.2) is 9.38 Å². The zero-order chi connectivity index (χ0) is 14.3. The predicted molar refractivity (Wildman–Crippen MR) is 84.0 cm³/mol. The third-order valence-corrected chi connectivity index (χ3v) is 4.64. The van der Waals surface area contributed by atoms with Gasteiger partial charge in [-0.3, -0.25) is 4.40 Å². The highest BCUT2D eigenvalue weighted by Crippen LogP contribution is 2.25. The molecule has 0 spiro atoms. The van der Waals surface area contributed by atoms with Crippen LogP contribution in [0.3, 0.4) is 0 Å². The molecule has 0 fully saturated rings. The number of fused-ring (bicyclic) bond motifs is 1. The first-order chi connectivity index (χ1) is 9.56. The molecule has 0 saturated carbocycles. The van der Waals surface area contributed by atoms with Gasteiger partial charge in [0.25, 0.3) is 0 Å². The maximum absolute atomic E-state index is 13.6. The topological polar surface area (TPSA) is 29.3 Å². The average Bonchev–Trinajstić information content (AvgIpc) is 2.93. The van der Waals surface area contributed by atoms with Crippen molar-refractivity contribution < 1.29 is 4.39 Å². The number of nitrogens with one attached hydrogen (secondary N) is 1. The van der Waals surface area contributed by atoms with Crippen LogP contribution in [0, 0.1) is 19.7 Å². The number of aromatic nitrogens is 2. The Morgan fingerprint density at radius 2 is 2.20 bits per heavy atom. The minimum atomic E-state index is -0.260. The Kier molecular flexibility index (Phi) is 3.52. The van der Waals surface area contributed by atoms with Gasteiger partial charge in [-0.25, -0.2) is 9.37 Å². The lowest BCUT2D eigenvalue weighted by Gasteiger charge is -2.10. The fourth-order valence-electron chi connectivity index (χ4n) is 2.17. The second-order valence-corrected chi connectivity index (χ2v) is 6.36. The van der Waals surface area contributed by atoms with Gasteiger partial charge in [-0.2, -0.15) is 0 Å². The molecule has 0 radical (unpaired) electrons. The number of hydrogen-bond donors (Lipinski definition) is 1. The number of anilines is 1. The molecule has 0 aliphatic carbocycles. The fraction of sp³-hybridized carbons (Fsp3) is 0.214. The first-order valence-corrected chi connectivity index (χ1v) is 7.84. The molecule has 2 heterocycles. The summed E-state index contributed by atoms with van der Waals surface area (Å²) in [6, 6.07) is 3.29. The maximum atomic E-state index is 13.6. The van der Waals surface area contributed by atoms with Gasteiger partial charge in [0.1, 0.15) is 5.82 Å². The van der Waals surface area contributed by atoms with Crippen LogP contribution in [0.1, 0.15) is 17.0 Å². The van der Waals surface area contributed by atoms with Crippen molar-refractivity contribution in [2.75, 3.05) is 5.32 Å². The van der Waals surface area contributed by atoms with E-state index < -0.39 is 0 Å². The number of benzene rings is 1. The molecule has 0 atom stereocenters. The molecule has 1 aromatic carbocycles. The Hall–Kier alpha value is -1.40. The quantitative estimate of drug-likeness (QED) is 0.749. The maximum Gasteiger partial charge on any atom is 0.194 e. The molecule has 3 nitrogen and oxygen atoms in total. The van der Waals surface area contributed by atoms with E-state index in [2.05, 4.69) is 30.6 Å². The van der Waals surface area contributed by atoms with Gasteiger partial charge in [0, 0.05) is 17.3 Å². The number of aryl methyl sites for hydroxylation is 2. The molecule has 3 aromatic rings. The van der Waals surface area contributed by atoms with Crippen molar-refractivity contribution in [1.29, 1.82) is 0 Å². The third kappa shape index (κ3) is 2.33. The summed E-state index contributed by atoms with van der Waals surface area (Å²) in [6.07, 6.45) is 2.01. The monoisotopic (exact) mass is 353 g/mol. The van der Waals surface area contributed by atoms with E-state index in [1.165, 1.54) is 6.07 Å². The van der Waals surface area contributed by atoms with Gasteiger partial charge >= 0.3 is 0 Å². The molecular formula is C14H13BrFN3S. The van der Waals surface area contributed by atoms with Gasteiger partial charge < -0.3 is 5.32 Å². The van der Waals surface area contributed by atoms with Gasteiger partial charge in [-0.05, 0) is 47.5 Å². The Morgan fingerprint density at radius 1 is 1.40 bits per heavy atom. The van der Waals surface area contributed by atoms with Crippen molar-refractivity contribution in [2.45, 2.75) is 20.4 Å². The molecule has 0 unspecified atom stereocenters. The van der Waals surface area contributed by atoms with Crippen LogP contribution in [0.4, 0.5) is 10.1 Å². The largest absolute Gasteiger partial charge is 0.379 e. The van der Waals surface area contributed by atoms with E-state index in [4.69, 9.17) is 0 Å². The first-order valence-electron chi connectivity index (χ1n) is 6.17. The van der Waals surface area contributed by atoms with Crippen LogP contribution in [0.2, 0.25) is 0 Å². The average molecular weight is 354 g/mol. The van der Waals surface area contributed by atoms with Gasteiger partial charge in [0.05, 0.1) is 22.4 Å². The summed E-state index contributed by atoms with van der Waals surface area (Å²) >= 11 is 4.80. The lowest BCUT2D eigenvalue weighted by molar-refractivity contribution is 0.621. The molecule has 0 aliphatic rings. The molecule has 0 amide bonds. The van der Waals surface area contributed by atoms with Crippen molar-refractivity contribution in [1.82, 2.24) is 9.38 Å². The van der Waals surface area contributed by atoms with Crippen LogP contribution < -0.4 is 5.32 Å². The Morgan fingerprint density at radius 3 is 3.00 bits per heavy atom. The summed E-state index contributed by atoms with van der Waals surface area (Å²) in [4.78, 5) is 5.48. The van der Waals surface area contributed by atoms with Gasteiger partial charge in [0.15, 0.2) is 4.96 Å². The lowest BCUT2D eigenvalue weighted by atomic mass is 10.2. The van der Waals surface area contributed by atoms with Crippen molar-refractivity contribution in [2.24, 2.45) is 0 Å². The lowest BCUT2D eigenvalue weighted by Crippen LogP contribution is -2.05. The molecule has 104 valence electrons. The highest BCUT2D eigenvalue weighted by atomic mass is 79.9. The van der Waals surface area contributed by atoms with Crippen LogP contribution in [-0.2, 0) is 6.54 Å². The smallest absolute Gasteiger partial charge is 0.194 e. The van der Waals surface area contributed by atoms with E-state index in [0.29, 0.717) is 11.0 Å². The number of imidazole rings is 1. The number of rotatable bonds is 3. The summed E-state index contributed by atoms with van der Waals surface area (Å²) in [5.41, 5.74) is 3.90. The van der Waals surface area contributed by atoms with Crippen LogP contribution in [0.25, 0.3) is 4.96 Å². The van der Waals surface area contributed by atoms with Crippen LogP contribution in [0.5, 0.6) is 0 Å². The molecule has 20 heavy (non-hydrogen) atoms. The summed E-state index contributed by atoms with van der Waals surface area (Å²) in [6.45, 7) is 4.56. The number of halogens is 2. The molecule has 0 aliphatic heterocycles. The Balaban J connectivity index is 1.88. The van der Waals surface area contributed by atoms with Gasteiger partial charge in [-0.1, -0.05) is 0 Å². The molecule has 2 aromatic heterocycles. The van der Waals surface area contributed by atoms with Crippen molar-refractivity contribution in [3.8, 4) is 0 Å². The summed E-state index contributed by atoms with van der Waals surface area (Å²) in [7, 11) is 0. The number of thiazole rings is 1. The van der Waals surface area contributed by atoms with Crippen molar-refractivity contribution in [3.63, 3.8) is 0 Å². The van der Waals surface area contributed by atoms with E-state index in [-0.39, 0.29) is 5.82 Å². The number of hydrogen-bond acceptors (Lipinski definition) is 3. The molecule has 0 bridgehead atoms. The minimum absolute atomic E-state index is 0.260. The van der Waals surface area contributed by atoms with Gasteiger partial charge in [-0.15, -0.1) is 11.3 Å². The zero-order valence-corrected chi connectivity index (χ0v) is 13.5. The third-order valence-electron chi connectivity index (χ3n) is 3.27. The standard InChI is InChI=1S/C14H13BrFN3S/c1-8-5-10(15)11(16)6-12(8)17-7-13-9(2)18-14-19(13)3-4-20-14/h3-6,17H,7H2,1-2H3. The van der Waals surface area contributed by atoms with E-state index in [0.717, 1.165) is 27.6 Å². The molecule has 1 N–H and O–H groups in total. The van der Waals surface area contributed by atoms with E-state index in [9.17, 15) is 4.39 Å². The zero-order valence-electron chi connectivity index (χ0n) is 11.1. The Bertz CT molecular complexity index is 778. The fourth-order valence-corrected chi connectivity index (χ4v) is 3.41. The highest BCUT2D eigenvalue weighted by molar-refractivity contribution is 9.10. The van der Waals surface area contributed by atoms with E-state index >= 15 is 0 Å². The molecule has 0 saturated heterocycles. The second-order valence-electron chi connectivity index (χ2n) is 4.63. The predicted octanol–water partition coefficient (Wildman–Crippen LogP) is 4.53. The normalized spacial score (nSPS) is 11.2. The SMILES string of the molecule is Cc1cc(Br)c(F)cc1NCc1c(C)nc2sccn12. The summed E-state index contributed by atoms with van der Waals surface area (Å²) in [5.74, 6) is -0.260. The van der Waals surface area contributed by atoms with Gasteiger partial charge in [0.2, 0.25) is 0 Å². The minimum Gasteiger partial charge on any atom is -0.379 e.